The van der Waals surface area contributed by atoms with Crippen molar-refractivity contribution < 1.29 is 14.7 Å². The summed E-state index contributed by atoms with van der Waals surface area (Å²) in [5.41, 5.74) is 4.37. The molecule has 166 valence electrons. The summed E-state index contributed by atoms with van der Waals surface area (Å²) >= 11 is 6.29. The molecule has 0 bridgehead atoms. The van der Waals surface area contributed by atoms with E-state index in [9.17, 15) is 9.59 Å². The third-order valence-corrected chi connectivity index (χ3v) is 6.53. The van der Waals surface area contributed by atoms with E-state index in [2.05, 4.69) is 29.2 Å². The van der Waals surface area contributed by atoms with Crippen LogP contribution >= 0.6 is 24.0 Å². The first-order chi connectivity index (χ1) is 16.0. The van der Waals surface area contributed by atoms with E-state index in [0.29, 0.717) is 4.91 Å². The molecule has 1 aliphatic rings. The van der Waals surface area contributed by atoms with Gasteiger partial charge in [0.2, 0.25) is 0 Å². The van der Waals surface area contributed by atoms with Gasteiger partial charge in [-0.05, 0) is 34.9 Å². The molecule has 1 N–H and O–H groups in total. The van der Waals surface area contributed by atoms with Gasteiger partial charge in [0.1, 0.15) is 10.9 Å². The first kappa shape index (κ1) is 22.8. The van der Waals surface area contributed by atoms with E-state index >= 15 is 0 Å². The summed E-state index contributed by atoms with van der Waals surface area (Å²) < 4.78 is 0.266. The van der Waals surface area contributed by atoms with Crippen molar-refractivity contribution in [3.8, 4) is 0 Å². The molecule has 1 heterocycles. The van der Waals surface area contributed by atoms with E-state index in [1.54, 1.807) is 6.08 Å². The Hall–Kier alpha value is -3.42. The minimum Gasteiger partial charge on any atom is -0.480 e. The second-order valence-electron chi connectivity index (χ2n) is 7.58. The molecule has 0 aliphatic carbocycles. The minimum absolute atomic E-state index is 0.266. The molecule has 1 aliphatic heterocycles. The van der Waals surface area contributed by atoms with E-state index in [0.717, 1.165) is 41.0 Å². The number of anilines is 1. The average molecular weight is 475 g/mol. The van der Waals surface area contributed by atoms with Crippen molar-refractivity contribution in [3.63, 3.8) is 0 Å². The summed E-state index contributed by atoms with van der Waals surface area (Å²) in [6.45, 7) is 1.11. The van der Waals surface area contributed by atoms with Crippen LogP contribution in [0.2, 0.25) is 0 Å². The second-order valence-corrected chi connectivity index (χ2v) is 9.26. The summed E-state index contributed by atoms with van der Waals surface area (Å²) in [6.07, 6.45) is 1.75. The lowest BCUT2D eigenvalue weighted by atomic mass is 10.1. The van der Waals surface area contributed by atoms with E-state index in [1.165, 1.54) is 11.1 Å². The number of carbonyl (C=O) groups excluding carboxylic acids is 1. The molecule has 0 saturated carbocycles. The number of nitrogens with zero attached hydrogens (tertiary/aromatic N) is 2. The lowest BCUT2D eigenvalue weighted by Crippen LogP contribution is -2.33. The second kappa shape index (κ2) is 10.5. The van der Waals surface area contributed by atoms with E-state index in [4.69, 9.17) is 17.3 Å². The zero-order valence-corrected chi connectivity index (χ0v) is 19.4. The molecule has 0 aromatic heterocycles. The van der Waals surface area contributed by atoms with Crippen molar-refractivity contribution in [2.24, 2.45) is 0 Å². The molecular weight excluding hydrogens is 452 g/mol. The largest absolute Gasteiger partial charge is 0.480 e. The number of carbonyl (C=O) groups is 2. The zero-order valence-electron chi connectivity index (χ0n) is 17.8. The van der Waals surface area contributed by atoms with Gasteiger partial charge in [-0.25, -0.2) is 0 Å². The van der Waals surface area contributed by atoms with Crippen molar-refractivity contribution in [1.82, 2.24) is 4.90 Å². The van der Waals surface area contributed by atoms with Gasteiger partial charge in [0.25, 0.3) is 5.91 Å². The number of thioether (sulfide) groups is 1. The maximum Gasteiger partial charge on any atom is 0.323 e. The van der Waals surface area contributed by atoms with Crippen LogP contribution in [0, 0.1) is 0 Å². The Bertz CT molecular complexity index is 1140. The summed E-state index contributed by atoms with van der Waals surface area (Å²) in [5.74, 6) is -1.46. The molecule has 1 fully saturated rings. The van der Waals surface area contributed by atoms with Crippen LogP contribution in [0.5, 0.6) is 0 Å². The average Bonchev–Trinajstić information content (AvgIpc) is 3.07. The van der Waals surface area contributed by atoms with Crippen LogP contribution in [0.25, 0.3) is 6.08 Å². The van der Waals surface area contributed by atoms with E-state index in [-0.39, 0.29) is 10.2 Å². The van der Waals surface area contributed by atoms with Crippen LogP contribution in [-0.4, -0.2) is 32.7 Å². The summed E-state index contributed by atoms with van der Waals surface area (Å²) in [4.78, 5) is 27.4. The number of aliphatic carboxylic acids is 1. The van der Waals surface area contributed by atoms with Crippen LogP contribution in [0.4, 0.5) is 5.69 Å². The van der Waals surface area contributed by atoms with Crippen LogP contribution in [0.3, 0.4) is 0 Å². The van der Waals surface area contributed by atoms with Gasteiger partial charge in [0.05, 0.1) is 4.91 Å². The fraction of sp³-hybridized carbons (Fsp3) is 0.115. The first-order valence-electron chi connectivity index (χ1n) is 10.4. The predicted molar refractivity (Wildman–Crippen MR) is 137 cm³/mol. The Morgan fingerprint density at radius 3 is 1.97 bits per heavy atom. The number of thiocarbonyl (C=S) groups is 1. The maximum atomic E-state index is 12.5. The highest BCUT2D eigenvalue weighted by Gasteiger charge is 2.33. The highest BCUT2D eigenvalue weighted by atomic mass is 32.2. The minimum atomic E-state index is -1.09. The van der Waals surface area contributed by atoms with Gasteiger partial charge in [-0.1, -0.05) is 96.8 Å². The topological polar surface area (TPSA) is 60.9 Å². The van der Waals surface area contributed by atoms with Crippen LogP contribution in [-0.2, 0) is 22.7 Å². The van der Waals surface area contributed by atoms with Gasteiger partial charge in [0.15, 0.2) is 0 Å². The molecule has 4 rings (SSSR count). The summed E-state index contributed by atoms with van der Waals surface area (Å²) in [6, 6.07) is 28.7. The van der Waals surface area contributed by atoms with Crippen LogP contribution in [0.1, 0.15) is 16.7 Å². The van der Waals surface area contributed by atoms with E-state index < -0.39 is 12.5 Å². The Kier molecular flexibility index (Phi) is 7.22. The Balaban J connectivity index is 1.55. The van der Waals surface area contributed by atoms with Gasteiger partial charge in [-0.15, -0.1) is 0 Å². The number of hydrogen-bond donors (Lipinski definition) is 1. The molecule has 0 atom stereocenters. The quantitative estimate of drug-likeness (QED) is 0.359. The number of rotatable bonds is 8. The lowest BCUT2D eigenvalue weighted by molar-refractivity contribution is -0.140. The summed E-state index contributed by atoms with van der Waals surface area (Å²) in [7, 11) is 0. The van der Waals surface area contributed by atoms with Crippen molar-refractivity contribution >= 4 is 51.9 Å². The molecule has 3 aromatic carbocycles. The fourth-order valence-corrected chi connectivity index (χ4v) is 4.81. The highest BCUT2D eigenvalue weighted by Crippen LogP contribution is 2.32. The predicted octanol–water partition coefficient (Wildman–Crippen LogP) is 5.18. The van der Waals surface area contributed by atoms with Gasteiger partial charge in [-0.3, -0.25) is 14.5 Å². The highest BCUT2D eigenvalue weighted by molar-refractivity contribution is 8.26. The first-order valence-corrected chi connectivity index (χ1v) is 11.6. The SMILES string of the molecule is O=C(O)CN1C(=O)C(=Cc2ccc(N(Cc3ccccc3)Cc3ccccc3)cc2)SC1=S. The van der Waals surface area contributed by atoms with Gasteiger partial charge in [-0.2, -0.15) is 0 Å². The number of amides is 1. The number of carboxylic acids is 1. The maximum absolute atomic E-state index is 12.5. The summed E-state index contributed by atoms with van der Waals surface area (Å²) in [5, 5.41) is 8.99. The van der Waals surface area contributed by atoms with Crippen molar-refractivity contribution in [2.45, 2.75) is 13.1 Å². The van der Waals surface area contributed by atoms with Crippen LogP contribution in [0.15, 0.2) is 89.8 Å². The Labute approximate surface area is 202 Å². The normalized spacial score (nSPS) is 14.7. The molecule has 0 radical (unpaired) electrons. The Morgan fingerprint density at radius 2 is 1.45 bits per heavy atom. The van der Waals surface area contributed by atoms with Crippen molar-refractivity contribution in [3.05, 3.63) is 107 Å². The fourth-order valence-electron chi connectivity index (χ4n) is 3.55. The zero-order chi connectivity index (χ0) is 23.2. The van der Waals surface area contributed by atoms with Crippen LogP contribution < -0.4 is 4.90 Å². The van der Waals surface area contributed by atoms with Crippen molar-refractivity contribution in [1.29, 1.82) is 0 Å². The molecule has 1 amide bonds. The van der Waals surface area contributed by atoms with Crippen molar-refractivity contribution in [2.75, 3.05) is 11.4 Å². The number of hydrogen-bond acceptors (Lipinski definition) is 5. The molecule has 0 unspecified atom stereocenters. The third kappa shape index (κ3) is 5.88. The molecule has 7 heteroatoms. The number of benzene rings is 3. The molecule has 33 heavy (non-hydrogen) atoms. The molecular formula is C26H22N2O3S2. The molecule has 3 aromatic rings. The molecule has 0 spiro atoms. The smallest absolute Gasteiger partial charge is 0.323 e. The van der Waals surface area contributed by atoms with Gasteiger partial charge in [0, 0.05) is 18.8 Å². The Morgan fingerprint density at radius 1 is 0.909 bits per heavy atom. The third-order valence-electron chi connectivity index (χ3n) is 5.16. The molecule has 1 saturated heterocycles. The molecule has 5 nitrogen and oxygen atoms in total. The van der Waals surface area contributed by atoms with E-state index in [1.807, 2.05) is 60.7 Å². The standard InChI is InChI=1S/C26H22N2O3S2/c29-24(30)18-28-25(31)23(33-26(28)32)15-19-11-13-22(14-12-19)27(16-20-7-3-1-4-8-20)17-21-9-5-2-6-10-21/h1-15H,16-18H2,(H,29,30). The van der Waals surface area contributed by atoms with Gasteiger partial charge < -0.3 is 10.0 Å². The lowest BCUT2D eigenvalue weighted by Gasteiger charge is -2.25. The number of carboxylic acid groups (broad SMARTS) is 1. The van der Waals surface area contributed by atoms with Gasteiger partial charge >= 0.3 is 5.97 Å². The monoisotopic (exact) mass is 474 g/mol.